The zero-order chi connectivity index (χ0) is 27.2. The molecule has 1 saturated carbocycles. The Morgan fingerprint density at radius 2 is 1.97 bits per heavy atom. The maximum Gasteiger partial charge on any atom is 0.245 e. The zero-order valence-electron chi connectivity index (χ0n) is 22.2. The van der Waals surface area contributed by atoms with Gasteiger partial charge in [0, 0.05) is 59.0 Å². The van der Waals surface area contributed by atoms with E-state index in [-0.39, 0.29) is 23.3 Å². The second-order valence-corrected chi connectivity index (χ2v) is 11.8. The van der Waals surface area contributed by atoms with Gasteiger partial charge in [0.05, 0.1) is 29.2 Å². The molecule has 4 heterocycles. The van der Waals surface area contributed by atoms with Gasteiger partial charge in [0.25, 0.3) is 0 Å². The number of aromatic amines is 1. The number of aryl methyl sites for hydroxylation is 1. The van der Waals surface area contributed by atoms with E-state index in [1.54, 1.807) is 4.90 Å². The number of benzene rings is 2. The van der Waals surface area contributed by atoms with Crippen molar-refractivity contribution >= 4 is 40.0 Å². The summed E-state index contributed by atoms with van der Waals surface area (Å²) in [6.07, 6.45) is 5.55. The first kappa shape index (κ1) is 24.2. The lowest BCUT2D eigenvalue weighted by Gasteiger charge is -2.58. The highest BCUT2D eigenvalue weighted by molar-refractivity contribution is 6.36. The van der Waals surface area contributed by atoms with Gasteiger partial charge in [-0.2, -0.15) is 10.2 Å². The maximum absolute atomic E-state index is 12.4. The molecule has 1 N–H and O–H groups in total. The molecular weight excluding hydrogens is 512 g/mol. The fourth-order valence-electron chi connectivity index (χ4n) is 6.86. The van der Waals surface area contributed by atoms with Crippen molar-refractivity contribution in [2.24, 2.45) is 5.41 Å². The van der Waals surface area contributed by atoms with E-state index < -0.39 is 0 Å². The first-order valence-corrected chi connectivity index (χ1v) is 13.6. The minimum atomic E-state index is 0.00266. The van der Waals surface area contributed by atoms with Crippen molar-refractivity contribution in [2.45, 2.75) is 39.2 Å². The molecule has 1 aliphatic carbocycles. The van der Waals surface area contributed by atoms with Crippen molar-refractivity contribution < 1.29 is 9.59 Å². The molecule has 198 valence electrons. The number of rotatable bonds is 4. The number of hydrogen-bond acceptors (Lipinski definition) is 4. The van der Waals surface area contributed by atoms with Crippen molar-refractivity contribution in [2.75, 3.05) is 25.0 Å². The molecule has 8 nitrogen and oxygen atoms in total. The Labute approximate surface area is 231 Å². The molecule has 2 aromatic heterocycles. The summed E-state index contributed by atoms with van der Waals surface area (Å²) in [4.78, 5) is 28.0. The minimum absolute atomic E-state index is 0.00266. The Bertz CT molecular complexity index is 1720. The van der Waals surface area contributed by atoms with Crippen molar-refractivity contribution in [1.29, 1.82) is 0 Å². The Balaban J connectivity index is 1.35. The van der Waals surface area contributed by atoms with E-state index in [1.165, 1.54) is 6.08 Å². The molecule has 2 fully saturated rings. The number of aromatic nitrogens is 4. The number of carbonyl (C=O) groups excluding carboxylic acids is 2. The van der Waals surface area contributed by atoms with E-state index in [2.05, 4.69) is 34.4 Å². The molecule has 39 heavy (non-hydrogen) atoms. The van der Waals surface area contributed by atoms with Gasteiger partial charge in [-0.3, -0.25) is 19.4 Å². The third-order valence-corrected chi connectivity index (χ3v) is 9.40. The number of hydrogen-bond donors (Lipinski definition) is 1. The van der Waals surface area contributed by atoms with Crippen LogP contribution in [0, 0.1) is 19.3 Å². The normalized spacial score (nSPS) is 18.0. The smallest absolute Gasteiger partial charge is 0.245 e. The molecule has 0 radical (unpaired) electrons. The van der Waals surface area contributed by atoms with Gasteiger partial charge in [0.1, 0.15) is 5.69 Å². The van der Waals surface area contributed by atoms with Crippen LogP contribution in [0.15, 0.2) is 43.1 Å². The summed E-state index contributed by atoms with van der Waals surface area (Å²) < 4.78 is 2.16. The van der Waals surface area contributed by atoms with Crippen LogP contribution in [0.1, 0.15) is 35.7 Å². The third kappa shape index (κ3) is 3.44. The molecule has 0 bridgehead atoms. The molecule has 7 rings (SSSR count). The van der Waals surface area contributed by atoms with Gasteiger partial charge in [0.15, 0.2) is 0 Å². The van der Waals surface area contributed by atoms with Crippen LogP contribution in [0.25, 0.3) is 33.3 Å². The largest absolute Gasteiger partial charge is 0.338 e. The molecule has 0 atom stereocenters. The van der Waals surface area contributed by atoms with E-state index in [1.807, 2.05) is 43.3 Å². The second-order valence-electron chi connectivity index (χ2n) is 11.4. The lowest BCUT2D eigenvalue weighted by atomic mass is 9.60. The predicted molar refractivity (Wildman–Crippen MR) is 152 cm³/mol. The SMILES string of the molecule is C=CC(=O)N1CC2(CC(n3nc(-c4ccc5c(c4)CC(=O)N5C)c(-c4c(Cl)c(C)cc5[nH]ncc45)c3C)C2)C1. The number of amides is 2. The predicted octanol–water partition coefficient (Wildman–Crippen LogP) is 5.23. The van der Waals surface area contributed by atoms with Gasteiger partial charge in [-0.25, -0.2) is 0 Å². The van der Waals surface area contributed by atoms with Crippen LogP contribution in [-0.2, 0) is 16.0 Å². The topological polar surface area (TPSA) is 87.1 Å². The Hall–Kier alpha value is -3.91. The monoisotopic (exact) mass is 540 g/mol. The summed E-state index contributed by atoms with van der Waals surface area (Å²) in [5, 5.41) is 14.3. The number of anilines is 1. The number of likely N-dealkylation sites (N-methyl/N-ethyl adjacent to an activating group) is 1. The Morgan fingerprint density at radius 1 is 1.21 bits per heavy atom. The average molecular weight is 541 g/mol. The number of carbonyl (C=O) groups is 2. The number of likely N-dealkylation sites (tertiary alicyclic amines) is 1. The maximum atomic E-state index is 12.4. The van der Waals surface area contributed by atoms with E-state index in [0.717, 1.165) is 81.7 Å². The van der Waals surface area contributed by atoms with E-state index >= 15 is 0 Å². The van der Waals surface area contributed by atoms with Gasteiger partial charge in [-0.15, -0.1) is 0 Å². The average Bonchev–Trinajstić information content (AvgIpc) is 3.54. The standard InChI is InChI=1S/C30H29ClN6O2/c1-5-24(38)36-14-30(15-36)11-20(12-30)37-17(3)26(27-21-13-32-33-22(21)8-16(2)28(27)31)29(34-37)18-6-7-23-19(9-18)10-25(39)35(23)4/h5-9,13,20H,1,10-12,14-15H2,2-4H3,(H,32,33). The molecule has 4 aromatic rings. The van der Waals surface area contributed by atoms with E-state index in [4.69, 9.17) is 16.7 Å². The third-order valence-electron chi connectivity index (χ3n) is 8.92. The Kier molecular flexibility index (Phi) is 5.14. The highest BCUT2D eigenvalue weighted by atomic mass is 35.5. The van der Waals surface area contributed by atoms with Gasteiger partial charge >= 0.3 is 0 Å². The molecule has 3 aliphatic rings. The van der Waals surface area contributed by atoms with Gasteiger partial charge in [0.2, 0.25) is 11.8 Å². The summed E-state index contributed by atoms with van der Waals surface area (Å²) in [5.74, 6) is 0.0954. The number of halogens is 1. The van der Waals surface area contributed by atoms with E-state index in [9.17, 15) is 9.59 Å². The zero-order valence-corrected chi connectivity index (χ0v) is 23.0. The quantitative estimate of drug-likeness (QED) is 0.359. The van der Waals surface area contributed by atoms with Crippen molar-refractivity contribution in [3.63, 3.8) is 0 Å². The molecule has 2 aliphatic heterocycles. The number of nitrogens with zero attached hydrogens (tertiary/aromatic N) is 5. The van der Waals surface area contributed by atoms with Crippen LogP contribution in [0.3, 0.4) is 0 Å². The van der Waals surface area contributed by atoms with Crippen molar-refractivity contribution in [3.8, 4) is 22.4 Å². The van der Waals surface area contributed by atoms with Crippen molar-refractivity contribution in [3.05, 3.63) is 65.0 Å². The van der Waals surface area contributed by atoms with Gasteiger partial charge in [-0.1, -0.05) is 24.2 Å². The number of nitrogens with one attached hydrogen (secondary N) is 1. The number of fused-ring (bicyclic) bond motifs is 2. The van der Waals surface area contributed by atoms with Crippen LogP contribution in [0.4, 0.5) is 5.69 Å². The van der Waals surface area contributed by atoms with Crippen LogP contribution in [-0.4, -0.2) is 56.8 Å². The van der Waals surface area contributed by atoms with Crippen molar-refractivity contribution in [1.82, 2.24) is 24.9 Å². The second kappa shape index (κ2) is 8.29. The van der Waals surface area contributed by atoms with Gasteiger partial charge in [-0.05, 0) is 62.1 Å². The summed E-state index contributed by atoms with van der Waals surface area (Å²) in [6.45, 7) is 9.29. The number of H-pyrrole nitrogens is 1. The highest BCUT2D eigenvalue weighted by Gasteiger charge is 2.54. The van der Waals surface area contributed by atoms with Crippen LogP contribution in [0.2, 0.25) is 5.02 Å². The van der Waals surface area contributed by atoms with Gasteiger partial charge < -0.3 is 9.80 Å². The molecule has 1 saturated heterocycles. The molecular formula is C30H29ClN6O2. The molecule has 1 spiro atoms. The fourth-order valence-corrected chi connectivity index (χ4v) is 7.11. The van der Waals surface area contributed by atoms with Crippen LogP contribution < -0.4 is 4.90 Å². The van der Waals surface area contributed by atoms with Crippen LogP contribution in [0.5, 0.6) is 0 Å². The highest BCUT2D eigenvalue weighted by Crippen LogP contribution is 2.55. The van der Waals surface area contributed by atoms with Crippen LogP contribution >= 0.6 is 11.6 Å². The molecule has 0 unspecified atom stereocenters. The Morgan fingerprint density at radius 3 is 2.72 bits per heavy atom. The van der Waals surface area contributed by atoms with E-state index in [0.29, 0.717) is 11.4 Å². The molecule has 2 aromatic carbocycles. The lowest BCUT2D eigenvalue weighted by Crippen LogP contribution is -2.63. The first-order valence-electron chi connectivity index (χ1n) is 13.2. The lowest BCUT2D eigenvalue weighted by molar-refractivity contribution is -0.149. The minimum Gasteiger partial charge on any atom is -0.338 e. The first-order chi connectivity index (χ1) is 18.7. The summed E-state index contributed by atoms with van der Waals surface area (Å²) in [5.41, 5.74) is 8.78. The fraction of sp³-hybridized carbons (Fsp3) is 0.333. The molecule has 2 amide bonds. The molecule has 9 heteroatoms. The summed E-state index contributed by atoms with van der Waals surface area (Å²) in [6, 6.07) is 8.41. The summed E-state index contributed by atoms with van der Waals surface area (Å²) in [7, 11) is 1.82. The summed E-state index contributed by atoms with van der Waals surface area (Å²) >= 11 is 7.02.